The molecule has 1 N–H and O–H groups in total. The molecular weight excluding hydrogens is 386 g/mol. The van der Waals surface area contributed by atoms with Crippen molar-refractivity contribution in [2.45, 2.75) is 43.7 Å². The Hall–Kier alpha value is -2.57. The van der Waals surface area contributed by atoms with E-state index < -0.39 is 15.6 Å². The van der Waals surface area contributed by atoms with Gasteiger partial charge in [-0.2, -0.15) is 0 Å². The zero-order valence-corrected chi connectivity index (χ0v) is 17.8. The van der Waals surface area contributed by atoms with Gasteiger partial charge in [-0.25, -0.2) is 13.1 Å². The van der Waals surface area contributed by atoms with E-state index in [0.29, 0.717) is 6.42 Å². The zero-order chi connectivity index (χ0) is 20.8. The van der Waals surface area contributed by atoms with E-state index in [1.807, 2.05) is 57.2 Å². The van der Waals surface area contributed by atoms with Crippen LogP contribution in [0.5, 0.6) is 11.5 Å². The first-order chi connectivity index (χ1) is 13.7. The van der Waals surface area contributed by atoms with E-state index >= 15 is 0 Å². The predicted octanol–water partition coefficient (Wildman–Crippen LogP) is 4.74. The minimum atomic E-state index is -3.71. The largest absolute Gasteiger partial charge is 0.497 e. The molecule has 1 unspecified atom stereocenters. The topological polar surface area (TPSA) is 64.6 Å². The highest BCUT2D eigenvalue weighted by molar-refractivity contribution is 7.89. The first-order valence-corrected chi connectivity index (χ1v) is 11.0. The van der Waals surface area contributed by atoms with Crippen LogP contribution in [0.1, 0.15) is 37.4 Å². The number of hydrogen-bond donors (Lipinski definition) is 1. The molecule has 0 aliphatic carbocycles. The van der Waals surface area contributed by atoms with E-state index in [4.69, 9.17) is 9.47 Å². The smallest absolute Gasteiger partial charge is 0.241 e. The van der Waals surface area contributed by atoms with Crippen LogP contribution in [-0.4, -0.2) is 21.1 Å². The standard InChI is InChI=1S/C23H25NO4S/c1-15-5-10-20-21(14-23(2,3)28-22(20)11-15)24-29(25,26)19-9-7-16-12-18(27-4)8-6-17(16)13-19/h5-13,21,24H,14H2,1-4H3. The molecule has 0 radical (unpaired) electrons. The summed E-state index contributed by atoms with van der Waals surface area (Å²) in [6, 6.07) is 16.2. The number of rotatable bonds is 4. The van der Waals surface area contributed by atoms with Crippen molar-refractivity contribution in [3.63, 3.8) is 0 Å². The Morgan fingerprint density at radius 2 is 1.76 bits per heavy atom. The van der Waals surface area contributed by atoms with Gasteiger partial charge >= 0.3 is 0 Å². The van der Waals surface area contributed by atoms with Crippen LogP contribution in [0.4, 0.5) is 0 Å². The van der Waals surface area contributed by atoms with Crippen molar-refractivity contribution in [2.24, 2.45) is 0 Å². The minimum Gasteiger partial charge on any atom is -0.497 e. The van der Waals surface area contributed by atoms with Crippen molar-refractivity contribution in [1.82, 2.24) is 4.72 Å². The molecule has 0 bridgehead atoms. The van der Waals surface area contributed by atoms with Crippen LogP contribution in [0.3, 0.4) is 0 Å². The van der Waals surface area contributed by atoms with E-state index in [0.717, 1.165) is 33.4 Å². The van der Waals surface area contributed by atoms with Crippen molar-refractivity contribution in [2.75, 3.05) is 7.11 Å². The third-order valence-electron chi connectivity index (χ3n) is 5.25. The van der Waals surface area contributed by atoms with Gasteiger partial charge in [0.05, 0.1) is 18.0 Å². The van der Waals surface area contributed by atoms with Crippen LogP contribution in [0.15, 0.2) is 59.5 Å². The van der Waals surface area contributed by atoms with E-state index in [-0.39, 0.29) is 10.9 Å². The molecule has 0 saturated carbocycles. The number of fused-ring (bicyclic) bond motifs is 2. The van der Waals surface area contributed by atoms with Crippen LogP contribution in [0.25, 0.3) is 10.8 Å². The Kier molecular flexibility index (Phi) is 4.79. The van der Waals surface area contributed by atoms with Gasteiger partial charge in [-0.3, -0.25) is 0 Å². The van der Waals surface area contributed by atoms with Crippen LogP contribution in [-0.2, 0) is 10.0 Å². The summed E-state index contributed by atoms with van der Waals surface area (Å²) in [7, 11) is -2.10. The van der Waals surface area contributed by atoms with Gasteiger partial charge in [0.25, 0.3) is 0 Å². The molecule has 0 saturated heterocycles. The molecule has 29 heavy (non-hydrogen) atoms. The molecule has 6 heteroatoms. The number of methoxy groups -OCH3 is 1. The SMILES string of the molecule is COc1ccc2cc(S(=O)(=O)NC3CC(C)(C)Oc4cc(C)ccc43)ccc2c1. The fourth-order valence-electron chi connectivity index (χ4n) is 3.82. The summed E-state index contributed by atoms with van der Waals surface area (Å²) in [5.41, 5.74) is 1.48. The first-order valence-electron chi connectivity index (χ1n) is 9.57. The lowest BCUT2D eigenvalue weighted by atomic mass is 9.90. The van der Waals surface area contributed by atoms with Gasteiger partial charge in [0.2, 0.25) is 10.0 Å². The van der Waals surface area contributed by atoms with Gasteiger partial charge in [-0.1, -0.05) is 24.3 Å². The summed E-state index contributed by atoms with van der Waals surface area (Å²) in [6.45, 7) is 5.94. The van der Waals surface area contributed by atoms with Crippen molar-refractivity contribution >= 4 is 20.8 Å². The molecule has 3 aromatic rings. The molecule has 1 heterocycles. The molecule has 0 amide bonds. The van der Waals surface area contributed by atoms with Crippen LogP contribution in [0, 0.1) is 6.92 Å². The fraction of sp³-hybridized carbons (Fsp3) is 0.304. The number of nitrogens with one attached hydrogen (secondary N) is 1. The predicted molar refractivity (Wildman–Crippen MR) is 114 cm³/mol. The van der Waals surface area contributed by atoms with Crippen molar-refractivity contribution in [1.29, 1.82) is 0 Å². The van der Waals surface area contributed by atoms with Crippen LogP contribution in [0.2, 0.25) is 0 Å². The maximum absolute atomic E-state index is 13.2. The Bertz CT molecular complexity index is 1180. The lowest BCUT2D eigenvalue weighted by Gasteiger charge is -2.38. The molecular formula is C23H25NO4S. The number of ether oxygens (including phenoxy) is 2. The number of sulfonamides is 1. The van der Waals surface area contributed by atoms with Gasteiger partial charge in [0.1, 0.15) is 17.1 Å². The molecule has 1 aliphatic heterocycles. The van der Waals surface area contributed by atoms with Gasteiger partial charge in [-0.05, 0) is 67.4 Å². The van der Waals surface area contributed by atoms with Gasteiger partial charge in [0.15, 0.2) is 0 Å². The van der Waals surface area contributed by atoms with Gasteiger partial charge in [-0.15, -0.1) is 0 Å². The van der Waals surface area contributed by atoms with E-state index in [1.54, 1.807) is 25.3 Å². The van der Waals surface area contributed by atoms with Gasteiger partial charge in [0, 0.05) is 12.0 Å². The minimum absolute atomic E-state index is 0.244. The lowest BCUT2D eigenvalue weighted by Crippen LogP contribution is -2.41. The van der Waals surface area contributed by atoms with Gasteiger partial charge < -0.3 is 9.47 Å². The maximum atomic E-state index is 13.2. The molecule has 152 valence electrons. The summed E-state index contributed by atoms with van der Waals surface area (Å²) in [6.07, 6.45) is 0.549. The van der Waals surface area contributed by atoms with Crippen molar-refractivity contribution < 1.29 is 17.9 Å². The summed E-state index contributed by atoms with van der Waals surface area (Å²) in [4.78, 5) is 0.244. The van der Waals surface area contributed by atoms with E-state index in [2.05, 4.69) is 4.72 Å². The Balaban J connectivity index is 1.69. The summed E-state index contributed by atoms with van der Waals surface area (Å²) in [5, 5.41) is 1.77. The Labute approximate surface area is 171 Å². The average Bonchev–Trinajstić information content (AvgIpc) is 2.65. The molecule has 0 aromatic heterocycles. The highest BCUT2D eigenvalue weighted by Gasteiger charge is 2.36. The molecule has 0 fully saturated rings. The summed E-state index contributed by atoms with van der Waals surface area (Å²) in [5.74, 6) is 1.47. The molecule has 1 aliphatic rings. The second kappa shape index (κ2) is 7.04. The first kappa shape index (κ1) is 19.7. The average molecular weight is 412 g/mol. The third-order valence-corrected chi connectivity index (χ3v) is 6.72. The van der Waals surface area contributed by atoms with E-state index in [1.165, 1.54) is 0 Å². The second-order valence-corrected chi connectivity index (χ2v) is 9.87. The Morgan fingerprint density at radius 3 is 2.52 bits per heavy atom. The number of benzene rings is 3. The second-order valence-electron chi connectivity index (χ2n) is 8.16. The van der Waals surface area contributed by atoms with Crippen molar-refractivity contribution in [3.8, 4) is 11.5 Å². The fourth-order valence-corrected chi connectivity index (χ4v) is 5.07. The number of hydrogen-bond acceptors (Lipinski definition) is 4. The zero-order valence-electron chi connectivity index (χ0n) is 17.0. The molecule has 1 atom stereocenters. The third kappa shape index (κ3) is 3.95. The monoisotopic (exact) mass is 411 g/mol. The molecule has 3 aromatic carbocycles. The molecule has 4 rings (SSSR count). The highest BCUT2D eigenvalue weighted by atomic mass is 32.2. The lowest BCUT2D eigenvalue weighted by molar-refractivity contribution is 0.0701. The highest BCUT2D eigenvalue weighted by Crippen LogP contribution is 2.40. The van der Waals surface area contributed by atoms with Crippen LogP contribution >= 0.6 is 0 Å². The van der Waals surface area contributed by atoms with E-state index in [9.17, 15) is 8.42 Å². The van der Waals surface area contributed by atoms with Crippen LogP contribution < -0.4 is 14.2 Å². The summed E-state index contributed by atoms with van der Waals surface area (Å²) >= 11 is 0. The maximum Gasteiger partial charge on any atom is 0.241 e. The Morgan fingerprint density at radius 1 is 1.03 bits per heavy atom. The number of aryl methyl sites for hydroxylation is 1. The molecule has 0 spiro atoms. The quantitative estimate of drug-likeness (QED) is 0.674. The summed E-state index contributed by atoms with van der Waals surface area (Å²) < 4.78 is 40.6. The molecule has 5 nitrogen and oxygen atoms in total. The van der Waals surface area contributed by atoms with Crippen molar-refractivity contribution in [3.05, 3.63) is 65.7 Å². The normalized spacial score (nSPS) is 18.1.